The lowest BCUT2D eigenvalue weighted by atomic mass is 10.1. The van der Waals surface area contributed by atoms with Crippen LogP contribution in [0.2, 0.25) is 0 Å². The average Bonchev–Trinajstić information content (AvgIpc) is 3.02. The normalized spacial score (nSPS) is 21.4. The number of fused-ring (bicyclic) bond motifs is 1. The molecule has 1 aromatic rings. The van der Waals surface area contributed by atoms with Gasteiger partial charge in [-0.25, -0.2) is 0 Å². The Labute approximate surface area is 103 Å². The van der Waals surface area contributed by atoms with Gasteiger partial charge >= 0.3 is 0 Å². The molecule has 0 saturated heterocycles. The summed E-state index contributed by atoms with van der Waals surface area (Å²) in [6, 6.07) is 4.08. The van der Waals surface area contributed by atoms with E-state index >= 15 is 0 Å². The van der Waals surface area contributed by atoms with E-state index in [1.54, 1.807) is 0 Å². The van der Waals surface area contributed by atoms with Crippen LogP contribution in [0.3, 0.4) is 0 Å². The first-order valence-electron chi connectivity index (χ1n) is 5.58. The number of rotatable bonds is 1. The summed E-state index contributed by atoms with van der Waals surface area (Å²) in [4.78, 5) is 0. The van der Waals surface area contributed by atoms with Gasteiger partial charge in [0.1, 0.15) is 0 Å². The Kier molecular flexibility index (Phi) is 2.37. The molecule has 0 unspecified atom stereocenters. The van der Waals surface area contributed by atoms with Gasteiger partial charge < -0.3 is 15.2 Å². The van der Waals surface area contributed by atoms with Crippen LogP contribution < -0.4 is 15.2 Å². The number of benzene rings is 1. The monoisotopic (exact) mass is 283 g/mol. The van der Waals surface area contributed by atoms with E-state index in [2.05, 4.69) is 22.0 Å². The Morgan fingerprint density at radius 2 is 1.94 bits per heavy atom. The van der Waals surface area contributed by atoms with E-state index in [4.69, 9.17) is 15.2 Å². The van der Waals surface area contributed by atoms with Crippen molar-refractivity contribution in [2.24, 2.45) is 5.73 Å². The summed E-state index contributed by atoms with van der Waals surface area (Å²) in [5.41, 5.74) is 7.20. The van der Waals surface area contributed by atoms with E-state index in [0.717, 1.165) is 40.8 Å². The topological polar surface area (TPSA) is 44.5 Å². The van der Waals surface area contributed by atoms with Crippen molar-refractivity contribution in [3.8, 4) is 11.5 Å². The molecule has 1 aliphatic carbocycles. The second-order valence-corrected chi connectivity index (χ2v) is 5.35. The zero-order valence-corrected chi connectivity index (χ0v) is 10.5. The van der Waals surface area contributed by atoms with Gasteiger partial charge in [0, 0.05) is 12.0 Å². The number of hydrogen-bond acceptors (Lipinski definition) is 3. The minimum absolute atomic E-state index is 0.132. The highest BCUT2D eigenvalue weighted by molar-refractivity contribution is 9.10. The molecule has 3 rings (SSSR count). The largest absolute Gasteiger partial charge is 0.490 e. The number of nitrogens with two attached hydrogens (primary N) is 1. The van der Waals surface area contributed by atoms with Crippen molar-refractivity contribution < 1.29 is 9.47 Å². The average molecular weight is 284 g/mol. The van der Waals surface area contributed by atoms with Crippen LogP contribution in [0.25, 0.3) is 0 Å². The van der Waals surface area contributed by atoms with E-state index in [0.29, 0.717) is 13.2 Å². The molecule has 3 nitrogen and oxygen atoms in total. The van der Waals surface area contributed by atoms with Gasteiger partial charge in [-0.1, -0.05) is 0 Å². The van der Waals surface area contributed by atoms with Gasteiger partial charge in [-0.3, -0.25) is 0 Å². The van der Waals surface area contributed by atoms with Gasteiger partial charge in [0.2, 0.25) is 0 Å². The third kappa shape index (κ3) is 1.70. The number of halogens is 1. The molecule has 1 fully saturated rings. The first kappa shape index (κ1) is 10.4. The van der Waals surface area contributed by atoms with Gasteiger partial charge in [-0.05, 0) is 46.5 Å². The summed E-state index contributed by atoms with van der Waals surface area (Å²) >= 11 is 3.53. The Bertz CT molecular complexity index is 429. The Balaban J connectivity index is 2.05. The smallest absolute Gasteiger partial charge is 0.175 e. The van der Waals surface area contributed by atoms with E-state index < -0.39 is 0 Å². The molecule has 1 aromatic carbocycles. The quantitative estimate of drug-likeness (QED) is 0.862. The molecule has 0 aromatic heterocycles. The molecule has 2 aliphatic rings. The summed E-state index contributed by atoms with van der Waals surface area (Å²) in [6.45, 7) is 1.42. The molecule has 1 aliphatic heterocycles. The summed E-state index contributed by atoms with van der Waals surface area (Å²) in [6.07, 6.45) is 3.03. The van der Waals surface area contributed by atoms with Crippen molar-refractivity contribution in [3.63, 3.8) is 0 Å². The Hall–Kier alpha value is -0.740. The van der Waals surface area contributed by atoms with Crippen molar-refractivity contribution in [1.82, 2.24) is 0 Å². The summed E-state index contributed by atoms with van der Waals surface area (Å²) in [7, 11) is 0. The Morgan fingerprint density at radius 3 is 2.69 bits per heavy atom. The maximum absolute atomic E-state index is 6.19. The van der Waals surface area contributed by atoms with Crippen LogP contribution >= 0.6 is 15.9 Å². The second-order valence-electron chi connectivity index (χ2n) is 4.49. The van der Waals surface area contributed by atoms with Crippen LogP contribution in [-0.4, -0.2) is 13.2 Å². The van der Waals surface area contributed by atoms with Crippen LogP contribution in [-0.2, 0) is 5.54 Å². The molecule has 0 radical (unpaired) electrons. The van der Waals surface area contributed by atoms with Crippen LogP contribution in [0.4, 0.5) is 0 Å². The third-order valence-electron chi connectivity index (χ3n) is 3.17. The standard InChI is InChI=1S/C12H14BrNO2/c13-9-6-8(12(14)2-3-12)7-10-11(9)16-5-1-4-15-10/h6-7H,1-5,14H2. The highest BCUT2D eigenvalue weighted by atomic mass is 79.9. The molecule has 0 spiro atoms. The predicted octanol–water partition coefficient (Wildman–Crippen LogP) is 2.56. The van der Waals surface area contributed by atoms with E-state index in [1.807, 2.05) is 6.07 Å². The molecule has 86 valence electrons. The maximum Gasteiger partial charge on any atom is 0.175 e. The predicted molar refractivity (Wildman–Crippen MR) is 64.8 cm³/mol. The van der Waals surface area contributed by atoms with Gasteiger partial charge in [0.25, 0.3) is 0 Å². The highest BCUT2D eigenvalue weighted by Crippen LogP contribution is 2.47. The first-order chi connectivity index (χ1) is 7.69. The zero-order valence-electron chi connectivity index (χ0n) is 8.96. The third-order valence-corrected chi connectivity index (χ3v) is 3.75. The molecule has 4 heteroatoms. The number of hydrogen-bond donors (Lipinski definition) is 1. The zero-order chi connectivity index (χ0) is 11.2. The maximum atomic E-state index is 6.19. The lowest BCUT2D eigenvalue weighted by Gasteiger charge is -2.15. The van der Waals surface area contributed by atoms with Gasteiger partial charge in [0.05, 0.1) is 17.7 Å². The van der Waals surface area contributed by atoms with Crippen molar-refractivity contribution in [2.45, 2.75) is 24.8 Å². The van der Waals surface area contributed by atoms with Crippen molar-refractivity contribution >= 4 is 15.9 Å². The fraction of sp³-hybridized carbons (Fsp3) is 0.500. The van der Waals surface area contributed by atoms with Crippen LogP contribution in [0, 0.1) is 0 Å². The Morgan fingerprint density at radius 1 is 1.19 bits per heavy atom. The fourth-order valence-electron chi connectivity index (χ4n) is 1.94. The lowest BCUT2D eigenvalue weighted by Crippen LogP contribution is -2.18. The second kappa shape index (κ2) is 3.64. The summed E-state index contributed by atoms with van der Waals surface area (Å²) in [5.74, 6) is 1.63. The molecule has 1 saturated carbocycles. The molecule has 16 heavy (non-hydrogen) atoms. The summed E-state index contributed by atoms with van der Waals surface area (Å²) in [5, 5.41) is 0. The lowest BCUT2D eigenvalue weighted by molar-refractivity contribution is 0.296. The van der Waals surface area contributed by atoms with Crippen LogP contribution in [0.5, 0.6) is 11.5 Å². The van der Waals surface area contributed by atoms with Crippen LogP contribution in [0.15, 0.2) is 16.6 Å². The molecule has 0 bridgehead atoms. The molecular weight excluding hydrogens is 270 g/mol. The van der Waals surface area contributed by atoms with E-state index in [1.165, 1.54) is 0 Å². The van der Waals surface area contributed by atoms with Gasteiger partial charge in [-0.15, -0.1) is 0 Å². The van der Waals surface area contributed by atoms with E-state index in [-0.39, 0.29) is 5.54 Å². The molecule has 1 heterocycles. The molecule has 0 atom stereocenters. The molecule has 0 amide bonds. The van der Waals surface area contributed by atoms with E-state index in [9.17, 15) is 0 Å². The van der Waals surface area contributed by atoms with Gasteiger partial charge in [0.15, 0.2) is 11.5 Å². The first-order valence-corrected chi connectivity index (χ1v) is 6.37. The fourth-order valence-corrected chi connectivity index (χ4v) is 2.50. The van der Waals surface area contributed by atoms with Crippen molar-refractivity contribution in [2.75, 3.05) is 13.2 Å². The van der Waals surface area contributed by atoms with Gasteiger partial charge in [-0.2, -0.15) is 0 Å². The molecule has 2 N–H and O–H groups in total. The molecular formula is C12H14BrNO2. The SMILES string of the molecule is NC1(c2cc(Br)c3c(c2)OCCCO3)CC1. The summed E-state index contributed by atoms with van der Waals surface area (Å²) < 4.78 is 12.3. The minimum atomic E-state index is -0.132. The van der Waals surface area contributed by atoms with Crippen molar-refractivity contribution in [3.05, 3.63) is 22.2 Å². The van der Waals surface area contributed by atoms with Crippen molar-refractivity contribution in [1.29, 1.82) is 0 Å². The minimum Gasteiger partial charge on any atom is -0.490 e. The van der Waals surface area contributed by atoms with Crippen LogP contribution in [0.1, 0.15) is 24.8 Å². The highest BCUT2D eigenvalue weighted by Gasteiger charge is 2.41. The number of ether oxygens (including phenoxy) is 2.